The van der Waals surface area contributed by atoms with Gasteiger partial charge in [0.1, 0.15) is 5.75 Å². The van der Waals surface area contributed by atoms with Gasteiger partial charge in [-0.1, -0.05) is 46.1 Å². The summed E-state index contributed by atoms with van der Waals surface area (Å²) < 4.78 is 5.80. The van der Waals surface area contributed by atoms with Crippen molar-refractivity contribution in [2.45, 2.75) is 91.4 Å². The summed E-state index contributed by atoms with van der Waals surface area (Å²) in [6.07, 6.45) is 11.9. The van der Waals surface area contributed by atoms with Crippen LogP contribution in [0.25, 0.3) is 6.08 Å². The monoisotopic (exact) mass is 464 g/mol. The molecule has 2 aromatic rings. The van der Waals surface area contributed by atoms with Crippen LogP contribution in [0.5, 0.6) is 5.75 Å². The highest BCUT2D eigenvalue weighted by Crippen LogP contribution is 2.42. The third-order valence-electron chi connectivity index (χ3n) is 7.19. The van der Waals surface area contributed by atoms with E-state index in [1.165, 1.54) is 19.3 Å². The van der Waals surface area contributed by atoms with Crippen molar-refractivity contribution < 1.29 is 9.53 Å². The SMILES string of the molecule is COc1cc(C(=O)N(C(C)C)C2CCCCC2)ccc1CN1C=Cc2[nH]cnc2C1C(C)(C)C. The largest absolute Gasteiger partial charge is 0.496 e. The summed E-state index contributed by atoms with van der Waals surface area (Å²) in [5.41, 5.74) is 3.90. The molecular formula is C28H40N4O2. The van der Waals surface area contributed by atoms with Crippen LogP contribution >= 0.6 is 0 Å². The molecule has 6 heteroatoms. The van der Waals surface area contributed by atoms with Crippen LogP contribution in [0.15, 0.2) is 30.7 Å². The van der Waals surface area contributed by atoms with E-state index in [0.717, 1.165) is 35.5 Å². The molecular weight excluding hydrogens is 424 g/mol. The zero-order chi connectivity index (χ0) is 24.5. The lowest BCUT2D eigenvalue weighted by atomic mass is 9.81. The van der Waals surface area contributed by atoms with E-state index in [4.69, 9.17) is 4.74 Å². The number of aromatic amines is 1. The lowest BCUT2D eigenvalue weighted by Crippen LogP contribution is -2.45. The first-order chi connectivity index (χ1) is 16.2. The fourth-order valence-electron chi connectivity index (χ4n) is 5.67. The van der Waals surface area contributed by atoms with E-state index in [-0.39, 0.29) is 23.4 Å². The number of hydrogen-bond donors (Lipinski definition) is 1. The number of carbonyl (C=O) groups excluding carboxylic acids is 1. The van der Waals surface area contributed by atoms with Gasteiger partial charge in [-0.05, 0) is 50.3 Å². The second kappa shape index (κ2) is 9.85. The molecule has 1 amide bonds. The van der Waals surface area contributed by atoms with E-state index in [1.807, 2.05) is 12.1 Å². The maximum Gasteiger partial charge on any atom is 0.254 e. The Balaban J connectivity index is 1.59. The first-order valence-electron chi connectivity index (χ1n) is 12.7. The van der Waals surface area contributed by atoms with Gasteiger partial charge in [-0.15, -0.1) is 0 Å². The second-order valence-electron chi connectivity index (χ2n) is 11.1. The first kappa shape index (κ1) is 24.4. The molecule has 34 heavy (non-hydrogen) atoms. The van der Waals surface area contributed by atoms with Gasteiger partial charge in [-0.3, -0.25) is 4.79 Å². The molecule has 0 radical (unpaired) electrons. The molecule has 184 valence electrons. The highest BCUT2D eigenvalue weighted by Gasteiger charge is 2.36. The Morgan fingerprint density at radius 2 is 1.97 bits per heavy atom. The van der Waals surface area contributed by atoms with Gasteiger partial charge in [0.15, 0.2) is 0 Å². The molecule has 1 unspecified atom stereocenters. The number of fused-ring (bicyclic) bond motifs is 1. The molecule has 2 heterocycles. The predicted molar refractivity (Wildman–Crippen MR) is 137 cm³/mol. The number of hydrogen-bond acceptors (Lipinski definition) is 4. The minimum absolute atomic E-state index is 0.00436. The number of nitrogens with zero attached hydrogens (tertiary/aromatic N) is 3. The van der Waals surface area contributed by atoms with E-state index < -0.39 is 0 Å². The third kappa shape index (κ3) is 4.86. The molecule has 1 N–H and O–H groups in total. The molecule has 6 nitrogen and oxygen atoms in total. The van der Waals surface area contributed by atoms with Crippen molar-refractivity contribution in [2.24, 2.45) is 5.41 Å². The molecule has 4 rings (SSSR count). The van der Waals surface area contributed by atoms with Crippen molar-refractivity contribution in [2.75, 3.05) is 7.11 Å². The number of aromatic nitrogens is 2. The fraction of sp³-hybridized carbons (Fsp3) is 0.571. The molecule has 0 spiro atoms. The number of rotatable bonds is 6. The fourth-order valence-corrected chi connectivity index (χ4v) is 5.67. The molecule has 1 aliphatic carbocycles. The van der Waals surface area contributed by atoms with Gasteiger partial charge in [0.05, 0.1) is 30.9 Å². The maximum absolute atomic E-state index is 13.6. The molecule has 1 aliphatic heterocycles. The van der Waals surface area contributed by atoms with Crippen LogP contribution in [0.2, 0.25) is 0 Å². The summed E-state index contributed by atoms with van der Waals surface area (Å²) in [7, 11) is 1.69. The van der Waals surface area contributed by atoms with Crippen LogP contribution in [-0.4, -0.2) is 44.9 Å². The van der Waals surface area contributed by atoms with Crippen molar-refractivity contribution in [3.63, 3.8) is 0 Å². The Morgan fingerprint density at radius 3 is 2.62 bits per heavy atom. The Bertz CT molecular complexity index is 1030. The number of imidazole rings is 1. The van der Waals surface area contributed by atoms with Gasteiger partial charge in [0.2, 0.25) is 0 Å². The number of methoxy groups -OCH3 is 1. The third-order valence-corrected chi connectivity index (χ3v) is 7.19. The van der Waals surface area contributed by atoms with Gasteiger partial charge in [-0.2, -0.15) is 0 Å². The smallest absolute Gasteiger partial charge is 0.254 e. The molecule has 1 aromatic carbocycles. The van der Waals surface area contributed by atoms with Gasteiger partial charge < -0.3 is 19.5 Å². The topological polar surface area (TPSA) is 61.5 Å². The Morgan fingerprint density at radius 1 is 1.24 bits per heavy atom. The zero-order valence-electron chi connectivity index (χ0n) is 21.6. The van der Waals surface area contributed by atoms with Crippen LogP contribution in [0.1, 0.15) is 100 Å². The van der Waals surface area contributed by atoms with Crippen molar-refractivity contribution >= 4 is 12.0 Å². The van der Waals surface area contributed by atoms with Gasteiger partial charge >= 0.3 is 0 Å². The van der Waals surface area contributed by atoms with Crippen molar-refractivity contribution in [3.05, 3.63) is 53.2 Å². The van der Waals surface area contributed by atoms with Crippen LogP contribution in [-0.2, 0) is 6.54 Å². The van der Waals surface area contributed by atoms with Gasteiger partial charge in [-0.25, -0.2) is 4.98 Å². The summed E-state index contributed by atoms with van der Waals surface area (Å²) >= 11 is 0. The number of amides is 1. The standard InChI is InChI=1S/C28H40N4O2/c1-19(2)32(22-10-8-7-9-11-22)27(33)20-12-13-21(24(16-20)34-6)17-31-15-14-23-25(30-18-29-23)26(31)28(3,4)5/h12-16,18-19,22,26H,7-11,17H2,1-6H3,(H,29,30). The van der Waals surface area contributed by atoms with Crippen LogP contribution in [0.4, 0.5) is 0 Å². The van der Waals surface area contributed by atoms with E-state index in [1.54, 1.807) is 13.4 Å². The van der Waals surface area contributed by atoms with Crippen LogP contribution in [0.3, 0.4) is 0 Å². The lowest BCUT2D eigenvalue weighted by Gasteiger charge is -2.41. The molecule has 1 fully saturated rings. The average molecular weight is 465 g/mol. The molecule has 1 saturated carbocycles. The average Bonchev–Trinajstić information content (AvgIpc) is 3.27. The van der Waals surface area contributed by atoms with Crippen molar-refractivity contribution in [1.29, 1.82) is 0 Å². The minimum Gasteiger partial charge on any atom is -0.496 e. The van der Waals surface area contributed by atoms with Crippen LogP contribution < -0.4 is 4.74 Å². The normalized spacial score (nSPS) is 18.8. The number of H-pyrrole nitrogens is 1. The molecule has 0 bridgehead atoms. The van der Waals surface area contributed by atoms with Gasteiger partial charge in [0.25, 0.3) is 5.91 Å². The Hall–Kier alpha value is -2.76. The zero-order valence-corrected chi connectivity index (χ0v) is 21.6. The predicted octanol–water partition coefficient (Wildman–Crippen LogP) is 6.18. The van der Waals surface area contributed by atoms with Crippen LogP contribution in [0, 0.1) is 5.41 Å². The highest BCUT2D eigenvalue weighted by atomic mass is 16.5. The minimum atomic E-state index is -0.00436. The van der Waals surface area contributed by atoms with Gasteiger partial charge in [0, 0.05) is 36.0 Å². The number of ether oxygens (including phenoxy) is 1. The Kier molecular flexibility index (Phi) is 7.06. The quantitative estimate of drug-likeness (QED) is 0.555. The summed E-state index contributed by atoms with van der Waals surface area (Å²) in [5, 5.41) is 0. The number of nitrogens with one attached hydrogen (secondary N) is 1. The number of benzene rings is 1. The van der Waals surface area contributed by atoms with Crippen molar-refractivity contribution in [3.8, 4) is 5.75 Å². The van der Waals surface area contributed by atoms with E-state index in [0.29, 0.717) is 18.2 Å². The maximum atomic E-state index is 13.6. The summed E-state index contributed by atoms with van der Waals surface area (Å²) in [4.78, 5) is 25.9. The Labute approximate surface area is 204 Å². The van der Waals surface area contributed by atoms with E-state index >= 15 is 0 Å². The molecule has 1 atom stereocenters. The van der Waals surface area contributed by atoms with E-state index in [2.05, 4.69) is 72.7 Å². The van der Waals surface area contributed by atoms with Crippen molar-refractivity contribution in [1.82, 2.24) is 19.8 Å². The molecule has 2 aliphatic rings. The van der Waals surface area contributed by atoms with E-state index in [9.17, 15) is 4.79 Å². The number of carbonyl (C=O) groups is 1. The second-order valence-corrected chi connectivity index (χ2v) is 11.1. The summed E-state index contributed by atoms with van der Waals surface area (Å²) in [6.45, 7) is 11.7. The summed E-state index contributed by atoms with van der Waals surface area (Å²) in [5.74, 6) is 0.866. The highest BCUT2D eigenvalue weighted by molar-refractivity contribution is 5.95. The lowest BCUT2D eigenvalue weighted by molar-refractivity contribution is 0.0555. The first-order valence-corrected chi connectivity index (χ1v) is 12.7. The molecule has 1 aromatic heterocycles. The molecule has 0 saturated heterocycles. The summed E-state index contributed by atoms with van der Waals surface area (Å²) in [6, 6.07) is 6.59.